The van der Waals surface area contributed by atoms with Crippen LogP contribution in [0.1, 0.15) is 64.9 Å². The minimum atomic E-state index is -0.615. The molecule has 4 rings (SSSR count). The monoisotopic (exact) mass is 471 g/mol. The van der Waals surface area contributed by atoms with E-state index in [0.717, 1.165) is 38.6 Å². The molecule has 6 nitrogen and oxygen atoms in total. The van der Waals surface area contributed by atoms with Gasteiger partial charge in [0.1, 0.15) is 0 Å². The van der Waals surface area contributed by atoms with Gasteiger partial charge in [-0.2, -0.15) is 0 Å². The van der Waals surface area contributed by atoms with Crippen molar-refractivity contribution in [3.8, 4) is 0 Å². The summed E-state index contributed by atoms with van der Waals surface area (Å²) in [6.07, 6.45) is 5.16. The zero-order chi connectivity index (χ0) is 24.6. The van der Waals surface area contributed by atoms with Crippen molar-refractivity contribution in [2.24, 2.45) is 16.7 Å². The SMILES string of the molecule is CN(C)c1ccc(CNC2CC(C)(C)C3CC(C)(O)CCC23CCC(=O)N2CCOCC2)cc1. The maximum absolute atomic E-state index is 13.1. The third-order valence-electron chi connectivity index (χ3n) is 9.01. The van der Waals surface area contributed by atoms with E-state index in [-0.39, 0.29) is 16.7 Å². The lowest BCUT2D eigenvalue weighted by atomic mass is 9.57. The van der Waals surface area contributed by atoms with Crippen LogP contribution in [0.2, 0.25) is 0 Å². The number of carbonyl (C=O) groups is 1. The molecule has 3 fully saturated rings. The second kappa shape index (κ2) is 9.79. The topological polar surface area (TPSA) is 65.0 Å². The van der Waals surface area contributed by atoms with Crippen molar-refractivity contribution in [1.29, 1.82) is 0 Å². The first-order chi connectivity index (χ1) is 16.0. The van der Waals surface area contributed by atoms with E-state index in [1.807, 2.05) is 11.8 Å². The van der Waals surface area contributed by atoms with Crippen molar-refractivity contribution in [1.82, 2.24) is 10.2 Å². The maximum Gasteiger partial charge on any atom is 0.222 e. The quantitative estimate of drug-likeness (QED) is 0.633. The highest BCUT2D eigenvalue weighted by Crippen LogP contribution is 2.63. The largest absolute Gasteiger partial charge is 0.390 e. The van der Waals surface area contributed by atoms with E-state index in [9.17, 15) is 9.90 Å². The summed E-state index contributed by atoms with van der Waals surface area (Å²) in [5.41, 5.74) is 2.04. The van der Waals surface area contributed by atoms with E-state index < -0.39 is 5.60 Å². The predicted octanol–water partition coefficient (Wildman–Crippen LogP) is 3.82. The second-order valence-electron chi connectivity index (χ2n) is 12.2. The fourth-order valence-corrected chi connectivity index (χ4v) is 6.98. The summed E-state index contributed by atoms with van der Waals surface area (Å²) in [6, 6.07) is 9.11. The number of nitrogens with zero attached hydrogens (tertiary/aromatic N) is 2. The molecule has 2 aliphatic carbocycles. The Bertz CT molecular complexity index is 845. The number of nitrogens with one attached hydrogen (secondary N) is 1. The Morgan fingerprint density at radius 2 is 1.79 bits per heavy atom. The standard InChI is InChI=1S/C28H45N3O3/c1-26(2)19-24(29-20-21-6-8-22(9-7-21)30(4)5)28(13-12-27(3,33)18-23(26)28)11-10-25(32)31-14-16-34-17-15-31/h6-9,23-24,29,33H,10-20H2,1-5H3. The number of hydrogen-bond donors (Lipinski definition) is 2. The van der Waals surface area contributed by atoms with Crippen molar-refractivity contribution in [3.63, 3.8) is 0 Å². The van der Waals surface area contributed by atoms with Gasteiger partial charge in [-0.05, 0) is 73.5 Å². The molecule has 190 valence electrons. The van der Waals surface area contributed by atoms with Gasteiger partial charge < -0.3 is 25.0 Å². The molecule has 1 heterocycles. The summed E-state index contributed by atoms with van der Waals surface area (Å²) in [5.74, 6) is 0.659. The Morgan fingerprint density at radius 1 is 1.12 bits per heavy atom. The first-order valence-corrected chi connectivity index (χ1v) is 13.1. The first kappa shape index (κ1) is 25.5. The van der Waals surface area contributed by atoms with Gasteiger partial charge in [-0.25, -0.2) is 0 Å². The average molecular weight is 472 g/mol. The van der Waals surface area contributed by atoms with E-state index in [0.29, 0.717) is 44.7 Å². The van der Waals surface area contributed by atoms with Crippen LogP contribution in [0.5, 0.6) is 0 Å². The molecule has 2 saturated carbocycles. The summed E-state index contributed by atoms with van der Waals surface area (Å²) in [7, 11) is 4.13. The first-order valence-electron chi connectivity index (χ1n) is 13.1. The molecule has 4 unspecified atom stereocenters. The van der Waals surface area contributed by atoms with Crippen molar-refractivity contribution < 1.29 is 14.6 Å². The summed E-state index contributed by atoms with van der Waals surface area (Å²) in [4.78, 5) is 17.2. The van der Waals surface area contributed by atoms with Crippen molar-refractivity contribution in [2.45, 2.75) is 77.5 Å². The molecule has 1 aromatic rings. The highest BCUT2D eigenvalue weighted by atomic mass is 16.5. The molecule has 1 aromatic carbocycles. The molecule has 2 N–H and O–H groups in total. The summed E-state index contributed by atoms with van der Waals surface area (Å²) in [5, 5.41) is 14.9. The third-order valence-corrected chi connectivity index (χ3v) is 9.01. The molecule has 6 heteroatoms. The maximum atomic E-state index is 13.1. The third kappa shape index (κ3) is 5.29. The van der Waals surface area contributed by atoms with E-state index in [2.05, 4.69) is 62.4 Å². The Morgan fingerprint density at radius 3 is 2.44 bits per heavy atom. The van der Waals surface area contributed by atoms with Gasteiger partial charge in [0, 0.05) is 51.9 Å². The molecule has 4 atom stereocenters. The molecule has 0 radical (unpaired) electrons. The molecule has 0 bridgehead atoms. The number of ether oxygens (including phenoxy) is 1. The molecular weight excluding hydrogens is 426 g/mol. The Labute approximate surface area is 206 Å². The number of morpholine rings is 1. The minimum absolute atomic E-state index is 0.0390. The zero-order valence-electron chi connectivity index (χ0n) is 21.9. The molecule has 1 saturated heterocycles. The van der Waals surface area contributed by atoms with Crippen LogP contribution in [0.15, 0.2) is 24.3 Å². The lowest BCUT2D eigenvalue weighted by Gasteiger charge is -2.51. The van der Waals surface area contributed by atoms with Gasteiger partial charge in [0.25, 0.3) is 0 Å². The van der Waals surface area contributed by atoms with Crippen LogP contribution in [0.3, 0.4) is 0 Å². The van der Waals surface area contributed by atoms with Crippen molar-refractivity contribution >= 4 is 11.6 Å². The van der Waals surface area contributed by atoms with E-state index in [1.54, 1.807) is 0 Å². The Balaban J connectivity index is 1.51. The van der Waals surface area contributed by atoms with Gasteiger partial charge in [-0.3, -0.25) is 4.79 Å². The van der Waals surface area contributed by atoms with Crippen LogP contribution in [-0.4, -0.2) is 68.0 Å². The fourth-order valence-electron chi connectivity index (χ4n) is 6.98. The van der Waals surface area contributed by atoms with Gasteiger partial charge in [0.15, 0.2) is 0 Å². The number of carbonyl (C=O) groups excluding carboxylic acids is 1. The predicted molar refractivity (Wildman–Crippen MR) is 137 cm³/mol. The average Bonchev–Trinajstić information content (AvgIpc) is 3.02. The molecule has 0 spiro atoms. The Kier molecular flexibility index (Phi) is 7.33. The van der Waals surface area contributed by atoms with Crippen LogP contribution in [0.25, 0.3) is 0 Å². The van der Waals surface area contributed by atoms with Crippen LogP contribution >= 0.6 is 0 Å². The molecule has 0 aromatic heterocycles. The summed E-state index contributed by atoms with van der Waals surface area (Å²) < 4.78 is 5.44. The van der Waals surface area contributed by atoms with E-state index in [4.69, 9.17) is 4.74 Å². The number of hydrogen-bond acceptors (Lipinski definition) is 5. The van der Waals surface area contributed by atoms with Crippen LogP contribution in [-0.2, 0) is 16.1 Å². The van der Waals surface area contributed by atoms with Crippen LogP contribution in [0.4, 0.5) is 5.69 Å². The van der Waals surface area contributed by atoms with Crippen LogP contribution in [0, 0.1) is 16.7 Å². The van der Waals surface area contributed by atoms with E-state index in [1.165, 1.54) is 11.3 Å². The Hall–Kier alpha value is -1.63. The molecule has 34 heavy (non-hydrogen) atoms. The number of fused-ring (bicyclic) bond motifs is 1. The lowest BCUT2D eigenvalue weighted by molar-refractivity contribution is -0.137. The zero-order valence-corrected chi connectivity index (χ0v) is 21.9. The summed E-state index contributed by atoms with van der Waals surface area (Å²) >= 11 is 0. The van der Waals surface area contributed by atoms with Gasteiger partial charge in [-0.1, -0.05) is 26.0 Å². The van der Waals surface area contributed by atoms with Gasteiger partial charge in [-0.15, -0.1) is 0 Å². The molecule has 1 aliphatic heterocycles. The fraction of sp³-hybridized carbons (Fsp3) is 0.750. The number of amides is 1. The lowest BCUT2D eigenvalue weighted by Crippen LogP contribution is -2.51. The molecule has 1 amide bonds. The number of rotatable bonds is 7. The second-order valence-corrected chi connectivity index (χ2v) is 12.2. The number of anilines is 1. The molecular formula is C28H45N3O3. The van der Waals surface area contributed by atoms with Gasteiger partial charge in [0.2, 0.25) is 5.91 Å². The number of aliphatic hydroxyl groups is 1. The van der Waals surface area contributed by atoms with Crippen LogP contribution < -0.4 is 10.2 Å². The number of benzene rings is 1. The highest BCUT2D eigenvalue weighted by molar-refractivity contribution is 5.76. The normalized spacial score (nSPS) is 32.9. The highest BCUT2D eigenvalue weighted by Gasteiger charge is 2.61. The van der Waals surface area contributed by atoms with Gasteiger partial charge in [0.05, 0.1) is 18.8 Å². The van der Waals surface area contributed by atoms with Crippen molar-refractivity contribution in [2.75, 3.05) is 45.3 Å². The minimum Gasteiger partial charge on any atom is -0.390 e. The smallest absolute Gasteiger partial charge is 0.222 e. The summed E-state index contributed by atoms with van der Waals surface area (Å²) in [6.45, 7) is 10.3. The molecule has 3 aliphatic rings. The van der Waals surface area contributed by atoms with Crippen molar-refractivity contribution in [3.05, 3.63) is 29.8 Å². The van der Waals surface area contributed by atoms with Gasteiger partial charge >= 0.3 is 0 Å². The van der Waals surface area contributed by atoms with E-state index >= 15 is 0 Å².